The Morgan fingerprint density at radius 2 is 2.00 bits per heavy atom. The monoisotopic (exact) mass is 339 g/mol. The van der Waals surface area contributed by atoms with Gasteiger partial charge >= 0.3 is 0 Å². The Balaban J connectivity index is 1.77. The second-order valence-electron chi connectivity index (χ2n) is 6.35. The third-order valence-corrected chi connectivity index (χ3v) is 4.61. The molecular weight excluding hydrogens is 314 g/mol. The van der Waals surface area contributed by atoms with E-state index < -0.39 is 0 Å². The summed E-state index contributed by atoms with van der Waals surface area (Å²) >= 11 is 0. The Kier molecular flexibility index (Phi) is 5.26. The number of aryl methyl sites for hydroxylation is 2. The number of anilines is 2. The highest BCUT2D eigenvalue weighted by molar-refractivity contribution is 5.95. The number of hydrogen-bond donors (Lipinski definition) is 1. The molecule has 1 aliphatic heterocycles. The van der Waals surface area contributed by atoms with E-state index in [-0.39, 0.29) is 11.9 Å². The van der Waals surface area contributed by atoms with Crippen molar-refractivity contribution in [2.24, 2.45) is 0 Å². The number of rotatable bonds is 6. The average molecular weight is 339 g/mol. The fourth-order valence-electron chi connectivity index (χ4n) is 3.16. The van der Waals surface area contributed by atoms with Crippen molar-refractivity contribution in [2.75, 3.05) is 16.8 Å². The highest BCUT2D eigenvalue weighted by Crippen LogP contribution is 2.26. The number of benzene rings is 1. The molecule has 1 saturated heterocycles. The van der Waals surface area contributed by atoms with Gasteiger partial charge in [0.15, 0.2) is 0 Å². The van der Waals surface area contributed by atoms with Crippen LogP contribution in [0.2, 0.25) is 0 Å². The molecule has 3 rings (SSSR count). The van der Waals surface area contributed by atoms with Crippen molar-refractivity contribution in [3.8, 4) is 0 Å². The summed E-state index contributed by atoms with van der Waals surface area (Å²) in [4.78, 5) is 18.4. The summed E-state index contributed by atoms with van der Waals surface area (Å²) in [7, 11) is 0. The summed E-state index contributed by atoms with van der Waals surface area (Å²) in [5.41, 5.74) is 4.00. The zero-order valence-corrected chi connectivity index (χ0v) is 15.1. The molecule has 0 radical (unpaired) electrons. The first-order valence-corrected chi connectivity index (χ1v) is 9.01. The summed E-state index contributed by atoms with van der Waals surface area (Å²) in [6, 6.07) is 8.12. The first kappa shape index (κ1) is 17.3. The van der Waals surface area contributed by atoms with E-state index in [1.807, 2.05) is 17.0 Å². The zero-order valence-electron chi connectivity index (χ0n) is 15.1. The van der Waals surface area contributed by atoms with Crippen LogP contribution in [0.3, 0.4) is 0 Å². The number of amides is 1. The van der Waals surface area contributed by atoms with Crippen LogP contribution < -0.4 is 10.2 Å². The van der Waals surface area contributed by atoms with Crippen molar-refractivity contribution in [1.29, 1.82) is 0 Å². The summed E-state index contributed by atoms with van der Waals surface area (Å²) in [6.07, 6.45) is 3.25. The van der Waals surface area contributed by atoms with Crippen molar-refractivity contribution in [3.63, 3.8) is 0 Å². The molecule has 132 valence electrons. The summed E-state index contributed by atoms with van der Waals surface area (Å²) in [5, 5.41) is 11.8. The van der Waals surface area contributed by atoms with Crippen LogP contribution in [-0.4, -0.2) is 27.6 Å². The third-order valence-electron chi connectivity index (χ3n) is 4.61. The Labute approximate surface area is 148 Å². The van der Waals surface area contributed by atoms with Crippen LogP contribution in [0.1, 0.15) is 56.6 Å². The average Bonchev–Trinajstić information content (AvgIpc) is 3.07. The van der Waals surface area contributed by atoms with E-state index in [2.05, 4.69) is 53.4 Å². The number of carbonyl (C=O) groups is 1. The van der Waals surface area contributed by atoms with Gasteiger partial charge in [0.25, 0.3) is 0 Å². The molecule has 0 bridgehead atoms. The first-order valence-electron chi connectivity index (χ1n) is 9.01. The standard InChI is InChI=1S/C19H25N5O/c1-4-16-17(5-2)22-23-19(21-16)20-13(3)14-8-6-9-15(12-14)24-11-7-10-18(24)25/h6,8-9,12-13H,4-5,7,10-11H2,1-3H3,(H,20,21,23). The van der Waals surface area contributed by atoms with Crippen LogP contribution in [0.4, 0.5) is 11.6 Å². The lowest BCUT2D eigenvalue weighted by Crippen LogP contribution is -2.24. The van der Waals surface area contributed by atoms with E-state index in [1.54, 1.807) is 0 Å². The van der Waals surface area contributed by atoms with Gasteiger partial charge in [-0.25, -0.2) is 4.98 Å². The molecule has 1 aliphatic rings. The quantitative estimate of drug-likeness (QED) is 0.874. The second-order valence-corrected chi connectivity index (χ2v) is 6.35. The molecule has 1 N–H and O–H groups in total. The predicted molar refractivity (Wildman–Crippen MR) is 98.6 cm³/mol. The fourth-order valence-corrected chi connectivity index (χ4v) is 3.16. The fraction of sp³-hybridized carbons (Fsp3) is 0.474. The topological polar surface area (TPSA) is 71.0 Å². The molecule has 2 heterocycles. The normalized spacial score (nSPS) is 15.5. The Morgan fingerprint density at radius 1 is 1.20 bits per heavy atom. The summed E-state index contributed by atoms with van der Waals surface area (Å²) in [6.45, 7) is 7.00. The lowest BCUT2D eigenvalue weighted by atomic mass is 10.1. The predicted octanol–water partition coefficient (Wildman–Crippen LogP) is 3.30. The number of hydrogen-bond acceptors (Lipinski definition) is 5. The molecule has 1 fully saturated rings. The minimum Gasteiger partial charge on any atom is -0.346 e. The molecule has 1 aromatic carbocycles. The number of aromatic nitrogens is 3. The molecule has 0 spiro atoms. The maximum absolute atomic E-state index is 12.0. The number of nitrogens with one attached hydrogen (secondary N) is 1. The number of carbonyl (C=O) groups excluding carboxylic acids is 1. The van der Waals surface area contributed by atoms with Crippen molar-refractivity contribution < 1.29 is 4.79 Å². The van der Waals surface area contributed by atoms with E-state index in [0.717, 1.165) is 48.4 Å². The van der Waals surface area contributed by atoms with E-state index in [9.17, 15) is 4.79 Å². The van der Waals surface area contributed by atoms with Crippen LogP contribution in [0.15, 0.2) is 24.3 Å². The summed E-state index contributed by atoms with van der Waals surface area (Å²) in [5.74, 6) is 0.747. The third kappa shape index (κ3) is 3.78. The van der Waals surface area contributed by atoms with Gasteiger partial charge in [-0.3, -0.25) is 4.79 Å². The maximum atomic E-state index is 12.0. The van der Waals surface area contributed by atoms with Crippen LogP contribution in [0, 0.1) is 0 Å². The van der Waals surface area contributed by atoms with Crippen LogP contribution in [-0.2, 0) is 17.6 Å². The molecule has 1 aromatic heterocycles. The largest absolute Gasteiger partial charge is 0.346 e. The van der Waals surface area contributed by atoms with E-state index in [4.69, 9.17) is 0 Å². The Bertz CT molecular complexity index is 761. The maximum Gasteiger partial charge on any atom is 0.243 e. The Morgan fingerprint density at radius 3 is 2.68 bits per heavy atom. The van der Waals surface area contributed by atoms with Crippen molar-refractivity contribution >= 4 is 17.5 Å². The smallest absolute Gasteiger partial charge is 0.243 e. The molecule has 1 unspecified atom stereocenters. The molecule has 1 amide bonds. The van der Waals surface area contributed by atoms with Gasteiger partial charge in [-0.2, -0.15) is 5.10 Å². The van der Waals surface area contributed by atoms with Gasteiger partial charge in [-0.05, 0) is 43.9 Å². The molecule has 25 heavy (non-hydrogen) atoms. The van der Waals surface area contributed by atoms with E-state index >= 15 is 0 Å². The van der Waals surface area contributed by atoms with E-state index in [0.29, 0.717) is 12.4 Å². The highest BCUT2D eigenvalue weighted by Gasteiger charge is 2.22. The minimum absolute atomic E-state index is 0.0247. The minimum atomic E-state index is 0.0247. The molecule has 0 aliphatic carbocycles. The summed E-state index contributed by atoms with van der Waals surface area (Å²) < 4.78 is 0. The Hall–Kier alpha value is -2.50. The SMILES string of the molecule is CCc1nnc(NC(C)c2cccc(N3CCCC3=O)c2)nc1CC. The van der Waals surface area contributed by atoms with Gasteiger partial charge in [-0.1, -0.05) is 26.0 Å². The van der Waals surface area contributed by atoms with Gasteiger partial charge in [0.05, 0.1) is 17.4 Å². The highest BCUT2D eigenvalue weighted by atomic mass is 16.2. The van der Waals surface area contributed by atoms with Crippen molar-refractivity contribution in [1.82, 2.24) is 15.2 Å². The van der Waals surface area contributed by atoms with Gasteiger partial charge in [-0.15, -0.1) is 5.10 Å². The van der Waals surface area contributed by atoms with Gasteiger partial charge in [0, 0.05) is 18.7 Å². The lowest BCUT2D eigenvalue weighted by molar-refractivity contribution is -0.117. The van der Waals surface area contributed by atoms with Gasteiger partial charge < -0.3 is 10.2 Å². The first-order chi connectivity index (χ1) is 12.1. The van der Waals surface area contributed by atoms with Crippen molar-refractivity contribution in [3.05, 3.63) is 41.2 Å². The molecule has 6 nitrogen and oxygen atoms in total. The molecule has 0 saturated carbocycles. The number of nitrogens with zero attached hydrogens (tertiary/aromatic N) is 4. The zero-order chi connectivity index (χ0) is 17.8. The molecule has 1 atom stereocenters. The molecule has 2 aromatic rings. The van der Waals surface area contributed by atoms with Crippen molar-refractivity contribution in [2.45, 2.75) is 52.5 Å². The second kappa shape index (κ2) is 7.59. The van der Waals surface area contributed by atoms with Crippen LogP contribution in [0.5, 0.6) is 0 Å². The van der Waals surface area contributed by atoms with Crippen LogP contribution >= 0.6 is 0 Å². The molecular formula is C19H25N5O. The molecule has 6 heteroatoms. The lowest BCUT2D eigenvalue weighted by Gasteiger charge is -2.19. The van der Waals surface area contributed by atoms with Gasteiger partial charge in [0.1, 0.15) is 0 Å². The van der Waals surface area contributed by atoms with Crippen LogP contribution in [0.25, 0.3) is 0 Å². The van der Waals surface area contributed by atoms with E-state index in [1.165, 1.54) is 0 Å². The van der Waals surface area contributed by atoms with Gasteiger partial charge in [0.2, 0.25) is 11.9 Å².